The number of carbonyl (C=O) groups is 1. The molecule has 3 fully saturated rings. The molecule has 2 aliphatic carbocycles. The first-order chi connectivity index (χ1) is 20.5. The summed E-state index contributed by atoms with van der Waals surface area (Å²) in [5.74, 6) is 3.27. The molecule has 0 radical (unpaired) electrons. The van der Waals surface area contributed by atoms with Crippen LogP contribution in [-0.2, 0) is 13.6 Å². The van der Waals surface area contributed by atoms with Crippen molar-refractivity contribution in [1.82, 2.24) is 29.0 Å². The summed E-state index contributed by atoms with van der Waals surface area (Å²) in [7, 11) is 3.66. The van der Waals surface area contributed by atoms with Crippen molar-refractivity contribution in [3.63, 3.8) is 0 Å². The first-order valence-corrected chi connectivity index (χ1v) is 14.8. The molecule has 5 aromatic rings. The SMILES string of the molecule is COc1cc(C(=O)N2CC3CCC2C3N)cc2nc(-c3cc4ccc(Nc5ccncc5)nc4n3CC3CC3)n(C)c12. The van der Waals surface area contributed by atoms with E-state index in [1.165, 1.54) is 12.8 Å². The molecule has 214 valence electrons. The van der Waals surface area contributed by atoms with E-state index in [1.54, 1.807) is 19.5 Å². The minimum Gasteiger partial charge on any atom is -0.494 e. The van der Waals surface area contributed by atoms with Crippen LogP contribution in [0.5, 0.6) is 5.75 Å². The van der Waals surface area contributed by atoms with Crippen LogP contribution in [0.25, 0.3) is 33.6 Å². The topological polar surface area (TPSA) is 116 Å². The second kappa shape index (κ2) is 9.55. The zero-order valence-corrected chi connectivity index (χ0v) is 23.8. The van der Waals surface area contributed by atoms with Crippen molar-refractivity contribution in [3.05, 3.63) is 60.4 Å². The lowest BCUT2D eigenvalue weighted by atomic mass is 10.1. The van der Waals surface area contributed by atoms with Crippen LogP contribution in [0.4, 0.5) is 11.5 Å². The van der Waals surface area contributed by atoms with Gasteiger partial charge in [0, 0.05) is 61.3 Å². The van der Waals surface area contributed by atoms with E-state index in [1.807, 2.05) is 42.3 Å². The van der Waals surface area contributed by atoms with Gasteiger partial charge in [-0.05, 0) is 80.0 Å². The lowest BCUT2D eigenvalue weighted by molar-refractivity contribution is 0.0700. The number of imidazole rings is 1. The Labute approximate surface area is 243 Å². The van der Waals surface area contributed by atoms with Gasteiger partial charge in [-0.2, -0.15) is 0 Å². The number of aryl methyl sites for hydroxylation is 1. The van der Waals surface area contributed by atoms with Crippen LogP contribution in [0.3, 0.4) is 0 Å². The smallest absolute Gasteiger partial charge is 0.254 e. The highest BCUT2D eigenvalue weighted by atomic mass is 16.5. The summed E-state index contributed by atoms with van der Waals surface area (Å²) >= 11 is 0. The van der Waals surface area contributed by atoms with E-state index in [2.05, 4.69) is 31.6 Å². The molecule has 3 unspecified atom stereocenters. The fraction of sp³-hybridized carbons (Fsp3) is 0.375. The fourth-order valence-electron chi connectivity index (χ4n) is 6.98. The zero-order chi connectivity index (χ0) is 28.5. The lowest BCUT2D eigenvalue weighted by Gasteiger charge is -2.27. The normalized spacial score (nSPS) is 21.5. The molecule has 10 heteroatoms. The Morgan fingerprint density at radius 2 is 1.90 bits per heavy atom. The van der Waals surface area contributed by atoms with Crippen LogP contribution < -0.4 is 15.8 Å². The third kappa shape index (κ3) is 4.04. The summed E-state index contributed by atoms with van der Waals surface area (Å²) in [6.45, 7) is 1.61. The zero-order valence-electron chi connectivity index (χ0n) is 23.8. The quantitative estimate of drug-likeness (QED) is 0.295. The van der Waals surface area contributed by atoms with Crippen LogP contribution in [0, 0.1) is 11.8 Å². The molecule has 10 nitrogen and oxygen atoms in total. The maximum Gasteiger partial charge on any atom is 0.254 e. The van der Waals surface area contributed by atoms with Crippen molar-refractivity contribution in [2.24, 2.45) is 24.6 Å². The summed E-state index contributed by atoms with van der Waals surface area (Å²) in [6.07, 6.45) is 8.04. The van der Waals surface area contributed by atoms with Crippen molar-refractivity contribution in [3.8, 4) is 17.3 Å². The number of nitrogens with one attached hydrogen (secondary N) is 1. The number of hydrogen-bond acceptors (Lipinski definition) is 7. The monoisotopic (exact) mass is 562 g/mol. The molecule has 3 atom stereocenters. The Balaban J connectivity index is 1.21. The van der Waals surface area contributed by atoms with Gasteiger partial charge in [0.05, 0.1) is 18.3 Å². The van der Waals surface area contributed by atoms with E-state index in [4.69, 9.17) is 20.4 Å². The van der Waals surface area contributed by atoms with Gasteiger partial charge in [0.1, 0.15) is 22.7 Å². The van der Waals surface area contributed by atoms with Crippen molar-refractivity contribution in [1.29, 1.82) is 0 Å². The molecule has 4 aromatic heterocycles. The van der Waals surface area contributed by atoms with Gasteiger partial charge in [0.2, 0.25) is 0 Å². The van der Waals surface area contributed by atoms with Crippen LogP contribution in [-0.4, -0.2) is 60.6 Å². The minimum absolute atomic E-state index is 0.00586. The van der Waals surface area contributed by atoms with Crippen LogP contribution in [0.2, 0.25) is 0 Å². The molecule has 5 heterocycles. The summed E-state index contributed by atoms with van der Waals surface area (Å²) in [6, 6.07) is 14.1. The molecule has 1 amide bonds. The molecular weight excluding hydrogens is 528 g/mol. The van der Waals surface area contributed by atoms with Crippen molar-refractivity contribution in [2.45, 2.75) is 44.3 Å². The van der Waals surface area contributed by atoms with Gasteiger partial charge >= 0.3 is 0 Å². The van der Waals surface area contributed by atoms with E-state index in [0.717, 1.165) is 71.0 Å². The first kappa shape index (κ1) is 25.3. The molecule has 2 saturated carbocycles. The van der Waals surface area contributed by atoms with Gasteiger partial charge in [-0.15, -0.1) is 0 Å². The number of benzene rings is 1. The van der Waals surface area contributed by atoms with Crippen molar-refractivity contribution in [2.75, 3.05) is 19.0 Å². The standard InChI is InChI=1S/C32H34N8O2/c1-38-29-23(13-21(15-26(29)42-2)32(41)40-17-20-5-7-24(40)28(20)33)36-31(38)25-14-19-6-8-27(35-22-9-11-34-12-10-22)37-30(19)39(25)16-18-3-4-18/h6,8-15,18,20,24,28H,3-5,7,16-17,33H2,1-2H3,(H,34,35,37). The van der Waals surface area contributed by atoms with E-state index >= 15 is 0 Å². The maximum atomic E-state index is 13.7. The van der Waals surface area contributed by atoms with Gasteiger partial charge in [0.25, 0.3) is 5.91 Å². The highest BCUT2D eigenvalue weighted by molar-refractivity contribution is 6.00. The summed E-state index contributed by atoms with van der Waals surface area (Å²) in [5, 5.41) is 4.45. The number of ether oxygens (including phenoxy) is 1. The molecular formula is C32H34N8O2. The largest absolute Gasteiger partial charge is 0.494 e. The molecule has 0 spiro atoms. The lowest BCUT2D eigenvalue weighted by Crippen LogP contribution is -2.41. The second-order valence-corrected chi connectivity index (χ2v) is 12.0. The Morgan fingerprint density at radius 3 is 2.62 bits per heavy atom. The number of carbonyl (C=O) groups excluding carboxylic acids is 1. The van der Waals surface area contributed by atoms with Gasteiger partial charge in [-0.25, -0.2) is 9.97 Å². The predicted octanol–water partition coefficient (Wildman–Crippen LogP) is 4.71. The Bertz CT molecular complexity index is 1840. The number of likely N-dealkylation sites (tertiary alicyclic amines) is 1. The van der Waals surface area contributed by atoms with Crippen LogP contribution in [0.1, 0.15) is 36.0 Å². The average molecular weight is 563 g/mol. The van der Waals surface area contributed by atoms with Gasteiger partial charge in [-0.1, -0.05) is 0 Å². The number of pyridine rings is 2. The number of hydrogen-bond donors (Lipinski definition) is 2. The number of piperidine rings is 1. The van der Waals surface area contributed by atoms with Crippen LogP contribution >= 0.6 is 0 Å². The number of nitrogens with two attached hydrogens (primary N) is 1. The number of aromatic nitrogens is 5. The highest BCUT2D eigenvalue weighted by Crippen LogP contribution is 2.40. The summed E-state index contributed by atoms with van der Waals surface area (Å²) in [5.41, 5.74) is 11.5. The van der Waals surface area contributed by atoms with Gasteiger partial charge in [0.15, 0.2) is 5.82 Å². The van der Waals surface area contributed by atoms with E-state index in [9.17, 15) is 4.79 Å². The Morgan fingerprint density at radius 1 is 1.07 bits per heavy atom. The molecule has 1 aliphatic heterocycles. The van der Waals surface area contributed by atoms with E-state index in [0.29, 0.717) is 23.1 Å². The second-order valence-electron chi connectivity index (χ2n) is 12.0. The number of methoxy groups -OCH3 is 1. The molecule has 1 saturated heterocycles. The first-order valence-electron chi connectivity index (χ1n) is 14.8. The van der Waals surface area contributed by atoms with Gasteiger partial charge in [-0.3, -0.25) is 9.78 Å². The van der Waals surface area contributed by atoms with E-state index < -0.39 is 0 Å². The van der Waals surface area contributed by atoms with Gasteiger partial charge < -0.3 is 29.8 Å². The molecule has 3 aliphatic rings. The number of anilines is 2. The molecule has 2 bridgehead atoms. The summed E-state index contributed by atoms with van der Waals surface area (Å²) in [4.78, 5) is 29.9. The Kier molecular flexibility index (Phi) is 5.75. The third-order valence-electron chi connectivity index (χ3n) is 9.38. The summed E-state index contributed by atoms with van der Waals surface area (Å²) < 4.78 is 10.2. The predicted molar refractivity (Wildman–Crippen MR) is 162 cm³/mol. The average Bonchev–Trinajstić information content (AvgIpc) is 3.42. The molecule has 1 aromatic carbocycles. The highest BCUT2D eigenvalue weighted by Gasteiger charge is 2.47. The molecule has 42 heavy (non-hydrogen) atoms. The number of rotatable bonds is 7. The van der Waals surface area contributed by atoms with Crippen molar-refractivity contribution >= 4 is 39.5 Å². The molecule has 3 N–H and O–H groups in total. The number of fused-ring (bicyclic) bond motifs is 4. The number of nitrogens with zero attached hydrogens (tertiary/aromatic N) is 6. The van der Waals surface area contributed by atoms with Crippen molar-refractivity contribution < 1.29 is 9.53 Å². The fourth-order valence-corrected chi connectivity index (χ4v) is 6.98. The Hall–Kier alpha value is -4.44. The van der Waals surface area contributed by atoms with E-state index in [-0.39, 0.29) is 18.0 Å². The third-order valence-corrected chi connectivity index (χ3v) is 9.38. The van der Waals surface area contributed by atoms with Crippen LogP contribution in [0.15, 0.2) is 54.9 Å². The minimum atomic E-state index is 0.00586. The molecule has 8 rings (SSSR count). The maximum absolute atomic E-state index is 13.7. The number of amides is 1.